The van der Waals surface area contributed by atoms with E-state index in [0.717, 1.165) is 24.5 Å². The fraction of sp³-hybridized carbons (Fsp3) is 0.333. The molecule has 1 aromatic carbocycles. The summed E-state index contributed by atoms with van der Waals surface area (Å²) in [6, 6.07) is 6.40. The molecule has 0 aliphatic carbocycles. The maximum absolute atomic E-state index is 13.8. The summed E-state index contributed by atoms with van der Waals surface area (Å²) in [7, 11) is 0. The van der Waals surface area contributed by atoms with E-state index in [-0.39, 0.29) is 17.1 Å². The van der Waals surface area contributed by atoms with Crippen LogP contribution in [0.2, 0.25) is 0 Å². The number of benzene rings is 1. The molecule has 0 N–H and O–H groups in total. The molecular formula is C15H14FN5OS. The third-order valence-electron chi connectivity index (χ3n) is 3.98. The minimum atomic E-state index is -0.360. The van der Waals surface area contributed by atoms with Gasteiger partial charge >= 0.3 is 0 Å². The molecule has 4 rings (SSSR count). The lowest BCUT2D eigenvalue weighted by Crippen LogP contribution is -2.57. The molecule has 118 valence electrons. The number of nitrogens with zero attached hydrogens (tertiary/aromatic N) is 5. The van der Waals surface area contributed by atoms with E-state index in [1.54, 1.807) is 24.4 Å². The van der Waals surface area contributed by atoms with Gasteiger partial charge in [-0.05, 0) is 30.6 Å². The molecule has 3 heterocycles. The molecule has 0 spiro atoms. The SMILES string of the molecule is CC1(c2nnc(-c3ccccc3F)o2)CN(Cc2cnns2)C1. The van der Waals surface area contributed by atoms with Crippen molar-refractivity contribution < 1.29 is 8.81 Å². The Labute approximate surface area is 136 Å². The topological polar surface area (TPSA) is 67.9 Å². The first-order valence-electron chi connectivity index (χ1n) is 7.21. The average Bonchev–Trinajstić information content (AvgIpc) is 3.17. The predicted molar refractivity (Wildman–Crippen MR) is 82.2 cm³/mol. The summed E-state index contributed by atoms with van der Waals surface area (Å²) in [5.41, 5.74) is 0.135. The zero-order valence-electron chi connectivity index (χ0n) is 12.4. The number of likely N-dealkylation sites (tertiary alicyclic amines) is 1. The predicted octanol–water partition coefficient (Wildman–Crippen LogP) is 2.50. The minimum absolute atomic E-state index is 0.200. The van der Waals surface area contributed by atoms with Crippen molar-refractivity contribution in [2.24, 2.45) is 0 Å². The molecule has 0 radical (unpaired) electrons. The highest BCUT2D eigenvalue weighted by Crippen LogP contribution is 2.35. The third kappa shape index (κ3) is 2.64. The summed E-state index contributed by atoms with van der Waals surface area (Å²) in [4.78, 5) is 3.40. The molecule has 0 atom stereocenters. The molecule has 1 fully saturated rings. The molecule has 8 heteroatoms. The van der Waals surface area contributed by atoms with Crippen molar-refractivity contribution in [3.05, 3.63) is 47.0 Å². The maximum Gasteiger partial charge on any atom is 0.250 e. The van der Waals surface area contributed by atoms with Crippen molar-refractivity contribution >= 4 is 11.5 Å². The van der Waals surface area contributed by atoms with Gasteiger partial charge in [-0.1, -0.05) is 16.6 Å². The van der Waals surface area contributed by atoms with E-state index in [4.69, 9.17) is 4.42 Å². The van der Waals surface area contributed by atoms with Crippen molar-refractivity contribution in [3.8, 4) is 11.5 Å². The highest BCUT2D eigenvalue weighted by atomic mass is 32.1. The fourth-order valence-corrected chi connectivity index (χ4v) is 3.41. The lowest BCUT2D eigenvalue weighted by molar-refractivity contribution is 0.0521. The monoisotopic (exact) mass is 331 g/mol. The highest BCUT2D eigenvalue weighted by Gasteiger charge is 2.44. The molecule has 23 heavy (non-hydrogen) atoms. The molecule has 1 aliphatic rings. The number of hydrogen-bond acceptors (Lipinski definition) is 7. The fourth-order valence-electron chi connectivity index (χ4n) is 2.88. The van der Waals surface area contributed by atoms with Gasteiger partial charge in [-0.25, -0.2) is 4.39 Å². The van der Waals surface area contributed by atoms with Crippen molar-refractivity contribution in [1.82, 2.24) is 24.7 Å². The zero-order chi connectivity index (χ0) is 15.9. The summed E-state index contributed by atoms with van der Waals surface area (Å²) in [6.45, 7) is 4.52. The molecule has 0 saturated carbocycles. The quantitative estimate of drug-likeness (QED) is 0.732. The molecule has 0 bridgehead atoms. The molecule has 1 saturated heterocycles. The number of rotatable bonds is 4. The van der Waals surface area contributed by atoms with Crippen LogP contribution in [-0.2, 0) is 12.0 Å². The lowest BCUT2D eigenvalue weighted by atomic mass is 9.82. The molecule has 0 amide bonds. The summed E-state index contributed by atoms with van der Waals surface area (Å²) >= 11 is 1.40. The van der Waals surface area contributed by atoms with Crippen LogP contribution in [0.3, 0.4) is 0 Å². The first-order chi connectivity index (χ1) is 11.1. The van der Waals surface area contributed by atoms with E-state index in [1.807, 2.05) is 0 Å². The van der Waals surface area contributed by atoms with Crippen LogP contribution in [0, 0.1) is 5.82 Å². The van der Waals surface area contributed by atoms with E-state index >= 15 is 0 Å². The standard InChI is InChI=1S/C15H14FN5OS/c1-15(8-21(9-15)7-10-6-17-20-23-10)14-19-18-13(22-14)11-4-2-3-5-12(11)16/h2-6H,7-9H2,1H3. The summed E-state index contributed by atoms with van der Waals surface area (Å²) < 4.78 is 23.4. The summed E-state index contributed by atoms with van der Waals surface area (Å²) in [6.07, 6.45) is 1.78. The van der Waals surface area contributed by atoms with Gasteiger partial charge in [-0.3, -0.25) is 4.90 Å². The second-order valence-corrected chi connectivity index (χ2v) is 6.85. The van der Waals surface area contributed by atoms with Crippen LogP contribution in [0.5, 0.6) is 0 Å². The second kappa shape index (κ2) is 5.47. The van der Waals surface area contributed by atoms with Crippen LogP contribution in [-0.4, -0.2) is 37.8 Å². The highest BCUT2D eigenvalue weighted by molar-refractivity contribution is 7.05. The van der Waals surface area contributed by atoms with Gasteiger partial charge in [-0.15, -0.1) is 15.3 Å². The van der Waals surface area contributed by atoms with Crippen molar-refractivity contribution in [2.75, 3.05) is 13.1 Å². The zero-order valence-corrected chi connectivity index (χ0v) is 13.3. The van der Waals surface area contributed by atoms with Gasteiger partial charge in [-0.2, -0.15) is 0 Å². The van der Waals surface area contributed by atoms with Crippen LogP contribution < -0.4 is 0 Å². The van der Waals surface area contributed by atoms with Gasteiger partial charge in [0.25, 0.3) is 5.89 Å². The largest absolute Gasteiger partial charge is 0.420 e. The van der Waals surface area contributed by atoms with Gasteiger partial charge in [0.2, 0.25) is 5.89 Å². The first kappa shape index (κ1) is 14.4. The van der Waals surface area contributed by atoms with Gasteiger partial charge in [0, 0.05) is 19.6 Å². The van der Waals surface area contributed by atoms with Gasteiger partial charge in [0.15, 0.2) is 0 Å². The van der Waals surface area contributed by atoms with E-state index < -0.39 is 0 Å². The normalized spacial score (nSPS) is 17.1. The molecule has 1 aliphatic heterocycles. The number of halogens is 1. The number of hydrogen-bond donors (Lipinski definition) is 0. The Morgan fingerprint density at radius 1 is 1.30 bits per heavy atom. The summed E-state index contributed by atoms with van der Waals surface area (Å²) in [5.74, 6) is 0.416. The summed E-state index contributed by atoms with van der Waals surface area (Å²) in [5, 5.41) is 12.0. The molecular weight excluding hydrogens is 317 g/mol. The van der Waals surface area contributed by atoms with Crippen molar-refractivity contribution in [1.29, 1.82) is 0 Å². The Balaban J connectivity index is 1.48. The molecule has 3 aromatic rings. The van der Waals surface area contributed by atoms with Crippen LogP contribution >= 0.6 is 11.5 Å². The minimum Gasteiger partial charge on any atom is -0.420 e. The van der Waals surface area contributed by atoms with Crippen LogP contribution in [0.4, 0.5) is 4.39 Å². The maximum atomic E-state index is 13.8. The van der Waals surface area contributed by atoms with E-state index in [1.165, 1.54) is 17.6 Å². The van der Waals surface area contributed by atoms with Crippen molar-refractivity contribution in [2.45, 2.75) is 18.9 Å². The molecule has 2 aromatic heterocycles. The first-order valence-corrected chi connectivity index (χ1v) is 7.99. The Kier molecular flexibility index (Phi) is 3.42. The van der Waals surface area contributed by atoms with E-state index in [2.05, 4.69) is 31.6 Å². The second-order valence-electron chi connectivity index (χ2n) is 5.98. The van der Waals surface area contributed by atoms with E-state index in [0.29, 0.717) is 11.5 Å². The Morgan fingerprint density at radius 2 is 2.13 bits per heavy atom. The van der Waals surface area contributed by atoms with Gasteiger partial charge < -0.3 is 4.42 Å². The van der Waals surface area contributed by atoms with E-state index in [9.17, 15) is 4.39 Å². The van der Waals surface area contributed by atoms with Crippen molar-refractivity contribution in [3.63, 3.8) is 0 Å². The average molecular weight is 331 g/mol. The third-order valence-corrected chi connectivity index (χ3v) is 4.62. The van der Waals surface area contributed by atoms with Gasteiger partial charge in [0.1, 0.15) is 5.82 Å². The van der Waals surface area contributed by atoms with Crippen LogP contribution in [0.25, 0.3) is 11.5 Å². The lowest BCUT2D eigenvalue weighted by Gasteiger charge is -2.45. The molecule has 6 nitrogen and oxygen atoms in total. The van der Waals surface area contributed by atoms with Gasteiger partial charge in [0.05, 0.1) is 22.1 Å². The van der Waals surface area contributed by atoms with Crippen LogP contribution in [0.1, 0.15) is 17.7 Å². The Hall–Kier alpha value is -2.19. The molecule has 0 unspecified atom stereocenters. The smallest absolute Gasteiger partial charge is 0.250 e. The number of aromatic nitrogens is 4. The van der Waals surface area contributed by atoms with Crippen LogP contribution in [0.15, 0.2) is 34.9 Å². The Morgan fingerprint density at radius 3 is 2.87 bits per heavy atom. The Bertz CT molecular complexity index is 813.